The summed E-state index contributed by atoms with van der Waals surface area (Å²) in [5, 5.41) is 12.6. The summed E-state index contributed by atoms with van der Waals surface area (Å²) in [6.45, 7) is 1.89. The quantitative estimate of drug-likeness (QED) is 0.585. The van der Waals surface area contributed by atoms with Gasteiger partial charge >= 0.3 is 5.97 Å². The summed E-state index contributed by atoms with van der Waals surface area (Å²) in [5.41, 5.74) is 5.57. The first-order valence-electron chi connectivity index (χ1n) is 4.20. The number of hydrogen-bond acceptors (Lipinski definition) is 6. The first kappa shape index (κ1) is 11.4. The molecule has 1 aromatic rings. The van der Waals surface area contributed by atoms with Gasteiger partial charge in [-0.05, 0) is 6.42 Å². The molecule has 0 unspecified atom stereocenters. The molecule has 7 heteroatoms. The van der Waals surface area contributed by atoms with Crippen LogP contribution < -0.4 is 5.73 Å². The number of carboxylic acids is 1. The van der Waals surface area contributed by atoms with Crippen molar-refractivity contribution in [2.75, 3.05) is 12.8 Å². The second-order valence-electron chi connectivity index (χ2n) is 2.61. The van der Waals surface area contributed by atoms with Gasteiger partial charge < -0.3 is 15.7 Å². The Bertz CT molecular complexity index is 400. The van der Waals surface area contributed by atoms with Crippen molar-refractivity contribution in [2.45, 2.75) is 13.3 Å². The summed E-state index contributed by atoms with van der Waals surface area (Å²) in [4.78, 5) is 20.0. The number of carbonyl (C=O) groups is 1. The van der Waals surface area contributed by atoms with Gasteiger partial charge in [0.1, 0.15) is 12.8 Å². The van der Waals surface area contributed by atoms with Crippen LogP contribution in [0, 0.1) is 0 Å². The Morgan fingerprint density at radius 3 is 2.87 bits per heavy atom. The zero-order chi connectivity index (χ0) is 11.4. The third kappa shape index (κ3) is 2.44. The standard InChI is InChI=1S/C8H11N3O3S/c1-3-4-5(10-8(9)15-4)6(7(12)13)11-14-2/h3H2,1-2H3,(H2,9,10)(H,12,13). The number of nitrogens with zero attached hydrogens (tertiary/aromatic N) is 2. The Labute approximate surface area is 90.4 Å². The number of rotatable bonds is 4. The van der Waals surface area contributed by atoms with Crippen molar-refractivity contribution in [1.29, 1.82) is 0 Å². The lowest BCUT2D eigenvalue weighted by Gasteiger charge is -1.98. The predicted octanol–water partition coefficient (Wildman–Crippen LogP) is 0.723. The highest BCUT2D eigenvalue weighted by molar-refractivity contribution is 7.15. The number of nitrogen functional groups attached to an aromatic ring is 1. The molecule has 1 rings (SSSR count). The highest BCUT2D eigenvalue weighted by Crippen LogP contribution is 2.21. The van der Waals surface area contributed by atoms with Gasteiger partial charge in [0.2, 0.25) is 5.71 Å². The van der Waals surface area contributed by atoms with Gasteiger partial charge in [0.15, 0.2) is 5.13 Å². The predicted molar refractivity (Wildman–Crippen MR) is 57.1 cm³/mol. The van der Waals surface area contributed by atoms with E-state index in [1.807, 2.05) is 6.92 Å². The first-order valence-corrected chi connectivity index (χ1v) is 5.01. The molecule has 0 aliphatic rings. The fraction of sp³-hybridized carbons (Fsp3) is 0.375. The molecule has 0 fully saturated rings. The van der Waals surface area contributed by atoms with Gasteiger partial charge in [-0.25, -0.2) is 9.78 Å². The van der Waals surface area contributed by atoms with E-state index in [1.54, 1.807) is 0 Å². The van der Waals surface area contributed by atoms with E-state index in [0.717, 1.165) is 4.88 Å². The summed E-state index contributed by atoms with van der Waals surface area (Å²) in [6, 6.07) is 0. The zero-order valence-electron chi connectivity index (χ0n) is 8.35. The highest BCUT2D eigenvalue weighted by atomic mass is 32.1. The van der Waals surface area contributed by atoms with Crippen molar-refractivity contribution in [3.63, 3.8) is 0 Å². The van der Waals surface area contributed by atoms with Gasteiger partial charge in [0, 0.05) is 4.88 Å². The lowest BCUT2D eigenvalue weighted by atomic mass is 10.2. The second kappa shape index (κ2) is 4.74. The molecule has 0 spiro atoms. The van der Waals surface area contributed by atoms with Crippen molar-refractivity contribution in [1.82, 2.24) is 4.98 Å². The Morgan fingerprint density at radius 1 is 1.73 bits per heavy atom. The van der Waals surface area contributed by atoms with Crippen LogP contribution in [-0.2, 0) is 16.1 Å². The van der Waals surface area contributed by atoms with Gasteiger partial charge in [-0.2, -0.15) is 0 Å². The van der Waals surface area contributed by atoms with E-state index in [9.17, 15) is 4.79 Å². The number of aryl methyl sites for hydroxylation is 1. The molecule has 1 heterocycles. The zero-order valence-corrected chi connectivity index (χ0v) is 9.17. The third-order valence-corrected chi connectivity index (χ3v) is 2.67. The fourth-order valence-electron chi connectivity index (χ4n) is 1.07. The molecule has 6 nitrogen and oxygen atoms in total. The van der Waals surface area contributed by atoms with E-state index in [2.05, 4.69) is 15.0 Å². The van der Waals surface area contributed by atoms with Crippen molar-refractivity contribution in [3.05, 3.63) is 10.6 Å². The summed E-state index contributed by atoms with van der Waals surface area (Å²) < 4.78 is 0. The van der Waals surface area contributed by atoms with Crippen molar-refractivity contribution in [3.8, 4) is 0 Å². The normalized spacial score (nSPS) is 11.5. The van der Waals surface area contributed by atoms with Crippen molar-refractivity contribution in [2.24, 2.45) is 5.16 Å². The molecular formula is C8H11N3O3S. The minimum absolute atomic E-state index is 0.220. The van der Waals surface area contributed by atoms with E-state index in [4.69, 9.17) is 10.8 Å². The molecule has 0 aliphatic heterocycles. The first-order chi connectivity index (χ1) is 7.10. The monoisotopic (exact) mass is 229 g/mol. The minimum Gasteiger partial charge on any atom is -0.476 e. The Kier molecular flexibility index (Phi) is 3.62. The lowest BCUT2D eigenvalue weighted by Crippen LogP contribution is -2.17. The van der Waals surface area contributed by atoms with Crippen LogP contribution in [-0.4, -0.2) is 28.9 Å². The molecule has 0 saturated carbocycles. The Balaban J connectivity index is 3.22. The van der Waals surface area contributed by atoms with Crippen LogP contribution in [0.15, 0.2) is 5.16 Å². The number of carboxylic acid groups (broad SMARTS) is 1. The van der Waals surface area contributed by atoms with E-state index in [0.29, 0.717) is 11.6 Å². The summed E-state index contributed by atoms with van der Waals surface area (Å²) in [7, 11) is 1.28. The molecule has 0 amide bonds. The van der Waals surface area contributed by atoms with Crippen LogP contribution >= 0.6 is 11.3 Å². The number of aromatic nitrogens is 1. The number of aliphatic carboxylic acids is 1. The van der Waals surface area contributed by atoms with Crippen LogP contribution in [0.4, 0.5) is 5.13 Å². The second-order valence-corrected chi connectivity index (χ2v) is 3.72. The van der Waals surface area contributed by atoms with E-state index < -0.39 is 5.97 Å². The minimum atomic E-state index is -1.18. The maximum atomic E-state index is 10.9. The lowest BCUT2D eigenvalue weighted by molar-refractivity contribution is -0.129. The number of nitrogens with two attached hydrogens (primary N) is 1. The number of thiazole rings is 1. The summed E-state index contributed by atoms with van der Waals surface area (Å²) in [5.74, 6) is -1.18. The molecule has 0 aliphatic carbocycles. The smallest absolute Gasteiger partial charge is 0.360 e. The number of anilines is 1. The number of hydrogen-bond donors (Lipinski definition) is 2. The highest BCUT2D eigenvalue weighted by Gasteiger charge is 2.21. The average molecular weight is 229 g/mol. The van der Waals surface area contributed by atoms with Crippen molar-refractivity contribution < 1.29 is 14.7 Å². The molecule has 3 N–H and O–H groups in total. The van der Waals surface area contributed by atoms with E-state index >= 15 is 0 Å². The maximum Gasteiger partial charge on any atom is 0.360 e. The average Bonchev–Trinajstić information content (AvgIpc) is 2.55. The molecule has 0 atom stereocenters. The SMILES string of the molecule is CCc1sc(N)nc1C(=NOC)C(=O)O. The van der Waals surface area contributed by atoms with Crippen molar-refractivity contribution >= 4 is 28.1 Å². The summed E-state index contributed by atoms with van der Waals surface area (Å²) >= 11 is 1.25. The summed E-state index contributed by atoms with van der Waals surface area (Å²) in [6.07, 6.45) is 0.653. The van der Waals surface area contributed by atoms with Crippen LogP contribution in [0.5, 0.6) is 0 Å². The number of oxime groups is 1. The Morgan fingerprint density at radius 2 is 2.40 bits per heavy atom. The van der Waals surface area contributed by atoms with E-state index in [-0.39, 0.29) is 11.4 Å². The van der Waals surface area contributed by atoms with Gasteiger partial charge in [0.25, 0.3) is 0 Å². The molecule has 0 saturated heterocycles. The van der Waals surface area contributed by atoms with Gasteiger partial charge in [0.05, 0.1) is 0 Å². The molecular weight excluding hydrogens is 218 g/mol. The Hall–Kier alpha value is -1.63. The largest absolute Gasteiger partial charge is 0.476 e. The molecule has 15 heavy (non-hydrogen) atoms. The molecule has 82 valence electrons. The van der Waals surface area contributed by atoms with E-state index in [1.165, 1.54) is 18.4 Å². The van der Waals surface area contributed by atoms with Crippen LogP contribution in [0.2, 0.25) is 0 Å². The molecule has 1 aromatic heterocycles. The topological polar surface area (TPSA) is 97.8 Å². The van der Waals surface area contributed by atoms with Crippen LogP contribution in [0.1, 0.15) is 17.5 Å². The maximum absolute atomic E-state index is 10.9. The molecule has 0 aromatic carbocycles. The van der Waals surface area contributed by atoms with Gasteiger partial charge in [-0.3, -0.25) is 0 Å². The fourth-order valence-corrected chi connectivity index (χ4v) is 1.84. The molecule has 0 bridgehead atoms. The van der Waals surface area contributed by atoms with Crippen LogP contribution in [0.3, 0.4) is 0 Å². The van der Waals surface area contributed by atoms with Gasteiger partial charge in [-0.1, -0.05) is 12.1 Å². The van der Waals surface area contributed by atoms with Gasteiger partial charge in [-0.15, -0.1) is 11.3 Å². The molecule has 0 radical (unpaired) electrons. The third-order valence-electron chi connectivity index (χ3n) is 1.64. The van der Waals surface area contributed by atoms with Crippen LogP contribution in [0.25, 0.3) is 0 Å².